The van der Waals surface area contributed by atoms with Gasteiger partial charge < -0.3 is 14.2 Å². The minimum absolute atomic E-state index is 0.0323. The molecule has 1 fully saturated rings. The number of hydrogen-bond acceptors (Lipinski definition) is 6. The largest absolute Gasteiger partial charge is 0.466 e. The summed E-state index contributed by atoms with van der Waals surface area (Å²) in [6.45, 7) is 3.68. The highest BCUT2D eigenvalue weighted by atomic mass is 19.4. The Morgan fingerprint density at radius 2 is 1.46 bits per heavy atom. The van der Waals surface area contributed by atoms with Crippen LogP contribution in [-0.4, -0.2) is 48.9 Å². The predicted molar refractivity (Wildman–Crippen MR) is 149 cm³/mol. The first-order valence-electron chi connectivity index (χ1n) is 14.7. The van der Waals surface area contributed by atoms with Crippen molar-refractivity contribution in [1.82, 2.24) is 4.90 Å². The van der Waals surface area contributed by atoms with Gasteiger partial charge in [0.15, 0.2) is 0 Å². The number of carbonyl (C=O) groups is 3. The third-order valence-corrected chi connectivity index (χ3v) is 8.01. The summed E-state index contributed by atoms with van der Waals surface area (Å²) in [4.78, 5) is 41.1. The molecule has 0 aromatic heterocycles. The zero-order valence-electron chi connectivity index (χ0n) is 25.9. The molecule has 2 aromatic rings. The van der Waals surface area contributed by atoms with Crippen molar-refractivity contribution in [3.8, 4) is 0 Å². The number of nitrogens with zero attached hydrogens (tertiary/aromatic N) is 2. The lowest BCUT2D eigenvalue weighted by Crippen LogP contribution is -2.50. The van der Waals surface area contributed by atoms with E-state index in [0.29, 0.717) is 29.2 Å². The summed E-state index contributed by atoms with van der Waals surface area (Å²) in [5.74, 6) is -2.00. The summed E-state index contributed by atoms with van der Waals surface area (Å²) in [5, 5.41) is 0. The van der Waals surface area contributed by atoms with Crippen LogP contribution in [0.25, 0.3) is 0 Å². The van der Waals surface area contributed by atoms with Gasteiger partial charge in [-0.1, -0.05) is 0 Å². The molecular formula is C31H31F9N2O6. The quantitative estimate of drug-likeness (QED) is 0.164. The van der Waals surface area contributed by atoms with E-state index in [9.17, 15) is 53.9 Å². The molecule has 0 spiro atoms. The summed E-state index contributed by atoms with van der Waals surface area (Å²) < 4.78 is 139. The molecule has 4 unspecified atom stereocenters. The van der Waals surface area contributed by atoms with Crippen LogP contribution >= 0.6 is 0 Å². The van der Waals surface area contributed by atoms with Gasteiger partial charge in [0.25, 0.3) is 0 Å². The normalized spacial score (nSPS) is 21.0. The number of fused-ring (bicyclic) bond motifs is 1. The fourth-order valence-corrected chi connectivity index (χ4v) is 5.90. The Kier molecular flexibility index (Phi) is 10.2. The maximum Gasteiger partial charge on any atom is 0.416 e. The molecule has 1 aliphatic carbocycles. The number of ether oxygens (including phenoxy) is 3. The molecule has 2 amide bonds. The Morgan fingerprint density at radius 3 is 1.96 bits per heavy atom. The number of anilines is 1. The van der Waals surface area contributed by atoms with Crippen molar-refractivity contribution in [2.45, 2.75) is 76.9 Å². The average Bonchev–Trinajstić information content (AvgIpc) is 3.78. The first-order chi connectivity index (χ1) is 22.2. The first-order valence-corrected chi connectivity index (χ1v) is 14.7. The number of esters is 1. The molecule has 2 aliphatic rings. The number of benzene rings is 2. The van der Waals surface area contributed by atoms with Crippen LogP contribution in [0, 0.1) is 11.8 Å². The maximum absolute atomic E-state index is 14.0. The number of amides is 2. The van der Waals surface area contributed by atoms with E-state index in [1.165, 1.54) is 13.8 Å². The van der Waals surface area contributed by atoms with E-state index in [1.54, 1.807) is 6.92 Å². The van der Waals surface area contributed by atoms with E-state index < -0.39 is 95.5 Å². The molecule has 8 nitrogen and oxygen atoms in total. The lowest BCUT2D eigenvalue weighted by molar-refractivity contribution is -0.145. The van der Waals surface area contributed by atoms with E-state index in [-0.39, 0.29) is 36.8 Å². The predicted octanol–water partition coefficient (Wildman–Crippen LogP) is 8.38. The van der Waals surface area contributed by atoms with Crippen LogP contribution in [0.1, 0.15) is 67.5 Å². The highest BCUT2D eigenvalue weighted by Crippen LogP contribution is 2.53. The molecule has 0 radical (unpaired) electrons. The molecule has 264 valence electrons. The van der Waals surface area contributed by atoms with E-state index in [4.69, 9.17) is 14.2 Å². The second-order valence-corrected chi connectivity index (χ2v) is 11.7. The van der Waals surface area contributed by atoms with Gasteiger partial charge in [-0.3, -0.25) is 14.6 Å². The topological polar surface area (TPSA) is 85.4 Å². The van der Waals surface area contributed by atoms with E-state index >= 15 is 0 Å². The summed E-state index contributed by atoms with van der Waals surface area (Å²) in [6, 6.07) is 0.440. The van der Waals surface area contributed by atoms with Crippen molar-refractivity contribution in [2.24, 2.45) is 11.8 Å². The highest BCUT2D eigenvalue weighted by molar-refractivity contribution is 5.91. The van der Waals surface area contributed by atoms with Gasteiger partial charge in [-0.2, -0.15) is 39.5 Å². The number of carbonyl (C=O) groups excluding carboxylic acids is 3. The fraction of sp³-hybridized carbons (Fsp3) is 0.516. The number of halogens is 9. The number of methoxy groups -OCH3 is 1. The SMILES string of the molecule is CCOC(=O)C1CC1C1CC(N(Cc2cc(C(F)(F)F)cc(C(F)(F)F)c2)C(=O)OC)c2cc(C(F)(F)F)ccc2N1C(=O)OC(C)C. The molecule has 1 saturated carbocycles. The van der Waals surface area contributed by atoms with Gasteiger partial charge in [-0.25, -0.2) is 9.59 Å². The number of rotatable bonds is 7. The van der Waals surface area contributed by atoms with Crippen molar-refractivity contribution in [3.05, 3.63) is 64.2 Å². The van der Waals surface area contributed by atoms with Crippen molar-refractivity contribution in [2.75, 3.05) is 18.6 Å². The third kappa shape index (κ3) is 7.92. The van der Waals surface area contributed by atoms with Crippen molar-refractivity contribution >= 4 is 23.8 Å². The van der Waals surface area contributed by atoms with Crippen molar-refractivity contribution in [1.29, 1.82) is 0 Å². The molecule has 17 heteroatoms. The molecule has 2 aromatic carbocycles. The zero-order valence-corrected chi connectivity index (χ0v) is 25.9. The number of alkyl halides is 9. The second-order valence-electron chi connectivity index (χ2n) is 11.7. The standard InChI is InChI=1S/C31H31F9N2O6/c1-5-47-26(43)21-12-20(21)25-13-24(22-11-17(29(32,33)34)6-7-23(22)42(25)28(45)48-15(2)3)41(27(44)46-4)14-16-8-18(30(35,36)37)10-19(9-16)31(38,39)40/h6-11,15,20-21,24-25H,5,12-14H2,1-4H3. The fourth-order valence-electron chi connectivity index (χ4n) is 5.90. The Hall–Kier alpha value is -4.18. The average molecular weight is 699 g/mol. The highest BCUT2D eigenvalue weighted by Gasteiger charge is 2.55. The molecule has 1 heterocycles. The summed E-state index contributed by atoms with van der Waals surface area (Å²) in [5.41, 5.74) is -5.67. The zero-order chi connectivity index (χ0) is 35.9. The van der Waals surface area contributed by atoms with Crippen LogP contribution in [0.15, 0.2) is 36.4 Å². The molecule has 0 saturated heterocycles. The van der Waals surface area contributed by atoms with E-state index in [2.05, 4.69) is 0 Å². The Morgan fingerprint density at radius 1 is 0.875 bits per heavy atom. The van der Waals surface area contributed by atoms with Gasteiger partial charge >= 0.3 is 36.7 Å². The van der Waals surface area contributed by atoms with Gasteiger partial charge in [0.1, 0.15) is 0 Å². The van der Waals surface area contributed by atoms with Crippen LogP contribution in [-0.2, 0) is 44.1 Å². The Labute approximate surface area is 268 Å². The Balaban J connectivity index is 1.91. The molecular weight excluding hydrogens is 667 g/mol. The molecule has 1 aliphatic heterocycles. The van der Waals surface area contributed by atoms with Crippen LogP contribution in [0.5, 0.6) is 0 Å². The van der Waals surface area contributed by atoms with Gasteiger partial charge in [-0.05, 0) is 87.1 Å². The van der Waals surface area contributed by atoms with Crippen LogP contribution in [0.4, 0.5) is 54.8 Å². The second kappa shape index (κ2) is 13.4. The summed E-state index contributed by atoms with van der Waals surface area (Å²) >= 11 is 0. The summed E-state index contributed by atoms with van der Waals surface area (Å²) in [7, 11) is 0.875. The monoisotopic (exact) mass is 698 g/mol. The minimum Gasteiger partial charge on any atom is -0.466 e. The van der Waals surface area contributed by atoms with E-state index in [1.807, 2.05) is 0 Å². The third-order valence-electron chi connectivity index (χ3n) is 8.01. The van der Waals surface area contributed by atoms with E-state index in [0.717, 1.165) is 18.1 Å². The van der Waals surface area contributed by atoms with Crippen molar-refractivity contribution in [3.63, 3.8) is 0 Å². The lowest BCUT2D eigenvalue weighted by atomic mass is 9.86. The smallest absolute Gasteiger partial charge is 0.416 e. The molecule has 4 rings (SSSR count). The summed E-state index contributed by atoms with van der Waals surface area (Å²) in [6.07, 6.45) is -18.5. The van der Waals surface area contributed by atoms with Gasteiger partial charge in [0.05, 0.1) is 54.2 Å². The molecule has 0 N–H and O–H groups in total. The Bertz CT molecular complexity index is 1510. The van der Waals surface area contributed by atoms with Crippen LogP contribution in [0.2, 0.25) is 0 Å². The number of hydrogen-bond donors (Lipinski definition) is 0. The van der Waals surface area contributed by atoms with Gasteiger partial charge in [-0.15, -0.1) is 0 Å². The first kappa shape index (κ1) is 36.7. The molecule has 0 bridgehead atoms. The van der Waals surface area contributed by atoms with Crippen LogP contribution < -0.4 is 4.90 Å². The molecule has 4 atom stereocenters. The lowest BCUT2D eigenvalue weighted by Gasteiger charge is -2.44. The van der Waals surface area contributed by atoms with Gasteiger partial charge in [0, 0.05) is 12.6 Å². The maximum atomic E-state index is 14.0. The van der Waals surface area contributed by atoms with Gasteiger partial charge in [0.2, 0.25) is 0 Å². The van der Waals surface area contributed by atoms with Crippen molar-refractivity contribution < 1.29 is 68.1 Å². The minimum atomic E-state index is -5.22. The molecule has 48 heavy (non-hydrogen) atoms. The van der Waals surface area contributed by atoms with Crippen LogP contribution in [0.3, 0.4) is 0 Å².